The zero-order valence-electron chi connectivity index (χ0n) is 12.9. The number of rotatable bonds is 2. The van der Waals surface area contributed by atoms with E-state index in [1.54, 1.807) is 6.20 Å². The Hall–Kier alpha value is -2.82. The van der Waals surface area contributed by atoms with E-state index in [2.05, 4.69) is 62.5 Å². The average molecular weight is 305 g/mol. The maximum absolute atomic E-state index is 5.87. The molecule has 0 amide bonds. The van der Waals surface area contributed by atoms with Crippen LogP contribution in [0.25, 0.3) is 10.8 Å². The van der Waals surface area contributed by atoms with Crippen LogP contribution in [0.3, 0.4) is 0 Å². The van der Waals surface area contributed by atoms with Crippen LogP contribution in [-0.2, 0) is 0 Å². The Morgan fingerprint density at radius 2 is 1.52 bits per heavy atom. The number of piperazine rings is 1. The lowest BCUT2D eigenvalue weighted by Gasteiger charge is -2.37. The molecule has 0 radical (unpaired) electrons. The number of para-hydroxylation sites is 1. The van der Waals surface area contributed by atoms with Crippen molar-refractivity contribution >= 4 is 28.0 Å². The van der Waals surface area contributed by atoms with Gasteiger partial charge in [-0.1, -0.05) is 18.2 Å². The highest BCUT2D eigenvalue weighted by molar-refractivity contribution is 5.92. The summed E-state index contributed by atoms with van der Waals surface area (Å²) >= 11 is 0. The molecule has 3 aromatic rings. The minimum Gasteiger partial charge on any atom is -0.382 e. The van der Waals surface area contributed by atoms with E-state index in [9.17, 15) is 0 Å². The number of benzene rings is 2. The van der Waals surface area contributed by atoms with Crippen molar-refractivity contribution in [3.8, 4) is 0 Å². The average Bonchev–Trinajstić information content (AvgIpc) is 2.63. The summed E-state index contributed by atoms with van der Waals surface area (Å²) in [7, 11) is 0. The van der Waals surface area contributed by atoms with Crippen LogP contribution in [0.15, 0.2) is 54.7 Å². The number of nitrogen functional groups attached to an aromatic ring is 1. The molecule has 0 atom stereocenters. The van der Waals surface area contributed by atoms with Gasteiger partial charge in [-0.05, 0) is 30.3 Å². The fourth-order valence-corrected chi connectivity index (χ4v) is 3.16. The largest absolute Gasteiger partial charge is 0.382 e. The molecule has 0 bridgehead atoms. The van der Waals surface area contributed by atoms with E-state index in [1.165, 1.54) is 11.4 Å². The van der Waals surface area contributed by atoms with Crippen LogP contribution in [0.1, 0.15) is 0 Å². The van der Waals surface area contributed by atoms with Gasteiger partial charge in [0.25, 0.3) is 0 Å². The molecule has 1 aliphatic heterocycles. The number of anilines is 3. The molecule has 2 heterocycles. The van der Waals surface area contributed by atoms with Crippen molar-refractivity contribution in [2.45, 2.75) is 0 Å². The molecule has 2 aromatic carbocycles. The third-order valence-corrected chi connectivity index (χ3v) is 4.44. The smallest absolute Gasteiger partial charge is 0.153 e. The Kier molecular flexibility index (Phi) is 3.46. The predicted octanol–water partition coefficient (Wildman–Crippen LogP) is 2.54. The van der Waals surface area contributed by atoms with Crippen LogP contribution in [0.2, 0.25) is 0 Å². The molecule has 0 unspecified atom stereocenters. The van der Waals surface area contributed by atoms with Gasteiger partial charge in [0.2, 0.25) is 0 Å². The monoisotopic (exact) mass is 305 g/mol. The molecule has 116 valence electrons. The molecule has 1 aliphatic rings. The van der Waals surface area contributed by atoms with Gasteiger partial charge in [0.15, 0.2) is 5.82 Å². The molecule has 1 aromatic heterocycles. The normalized spacial score (nSPS) is 15.1. The van der Waals surface area contributed by atoms with Crippen LogP contribution >= 0.6 is 0 Å². The van der Waals surface area contributed by atoms with Crippen LogP contribution in [-0.4, -0.2) is 36.4 Å². The first-order valence-electron chi connectivity index (χ1n) is 7.87. The Morgan fingerprint density at radius 1 is 0.826 bits per heavy atom. The summed E-state index contributed by atoms with van der Waals surface area (Å²) in [6, 6.07) is 16.9. The van der Waals surface area contributed by atoms with Crippen molar-refractivity contribution in [2.75, 3.05) is 41.7 Å². The fourth-order valence-electron chi connectivity index (χ4n) is 3.16. The molecule has 0 spiro atoms. The SMILES string of the molecule is Nc1nncc2cc(N3CCN(c4ccccc4)CC3)ccc12. The maximum Gasteiger partial charge on any atom is 0.153 e. The molecule has 23 heavy (non-hydrogen) atoms. The van der Waals surface area contributed by atoms with Crippen molar-refractivity contribution in [1.29, 1.82) is 0 Å². The van der Waals surface area contributed by atoms with Gasteiger partial charge in [-0.15, -0.1) is 5.10 Å². The zero-order chi connectivity index (χ0) is 15.6. The van der Waals surface area contributed by atoms with Gasteiger partial charge >= 0.3 is 0 Å². The summed E-state index contributed by atoms with van der Waals surface area (Å²) in [6.07, 6.45) is 1.77. The third kappa shape index (κ3) is 2.65. The highest BCUT2D eigenvalue weighted by Crippen LogP contribution is 2.25. The summed E-state index contributed by atoms with van der Waals surface area (Å²) in [4.78, 5) is 4.84. The molecule has 0 saturated carbocycles. The number of fused-ring (bicyclic) bond motifs is 1. The van der Waals surface area contributed by atoms with E-state index in [0.717, 1.165) is 37.0 Å². The van der Waals surface area contributed by atoms with E-state index in [-0.39, 0.29) is 0 Å². The van der Waals surface area contributed by atoms with E-state index in [1.807, 2.05) is 6.07 Å². The zero-order valence-corrected chi connectivity index (χ0v) is 12.9. The van der Waals surface area contributed by atoms with Crippen molar-refractivity contribution in [2.24, 2.45) is 0 Å². The van der Waals surface area contributed by atoms with E-state index >= 15 is 0 Å². The summed E-state index contributed by atoms with van der Waals surface area (Å²) in [6.45, 7) is 4.07. The lowest BCUT2D eigenvalue weighted by molar-refractivity contribution is 0.654. The van der Waals surface area contributed by atoms with Crippen molar-refractivity contribution in [3.63, 3.8) is 0 Å². The van der Waals surface area contributed by atoms with Gasteiger partial charge in [0, 0.05) is 48.3 Å². The summed E-state index contributed by atoms with van der Waals surface area (Å²) in [5.41, 5.74) is 8.39. The Balaban J connectivity index is 1.52. The Labute approximate surface area is 135 Å². The molecular weight excluding hydrogens is 286 g/mol. The van der Waals surface area contributed by atoms with E-state index in [4.69, 9.17) is 5.73 Å². The minimum atomic E-state index is 0.489. The first kappa shape index (κ1) is 13.8. The van der Waals surface area contributed by atoms with Gasteiger partial charge in [0.1, 0.15) is 0 Å². The predicted molar refractivity (Wildman–Crippen MR) is 94.8 cm³/mol. The highest BCUT2D eigenvalue weighted by Gasteiger charge is 2.17. The van der Waals surface area contributed by atoms with Crippen LogP contribution in [0.4, 0.5) is 17.2 Å². The second-order valence-corrected chi connectivity index (χ2v) is 5.81. The van der Waals surface area contributed by atoms with Gasteiger partial charge in [-0.2, -0.15) is 5.10 Å². The third-order valence-electron chi connectivity index (χ3n) is 4.44. The number of aromatic nitrogens is 2. The molecular formula is C18H19N5. The molecule has 4 rings (SSSR count). The molecule has 0 aliphatic carbocycles. The lowest BCUT2D eigenvalue weighted by atomic mass is 10.1. The summed E-state index contributed by atoms with van der Waals surface area (Å²) in [5, 5.41) is 9.86. The molecule has 1 saturated heterocycles. The first-order valence-corrected chi connectivity index (χ1v) is 7.87. The van der Waals surface area contributed by atoms with Crippen molar-refractivity contribution in [3.05, 3.63) is 54.7 Å². The highest BCUT2D eigenvalue weighted by atomic mass is 15.3. The van der Waals surface area contributed by atoms with E-state index < -0.39 is 0 Å². The summed E-state index contributed by atoms with van der Waals surface area (Å²) < 4.78 is 0. The molecule has 5 nitrogen and oxygen atoms in total. The van der Waals surface area contributed by atoms with E-state index in [0.29, 0.717) is 5.82 Å². The number of nitrogens with two attached hydrogens (primary N) is 1. The second-order valence-electron chi connectivity index (χ2n) is 5.81. The number of nitrogens with zero attached hydrogens (tertiary/aromatic N) is 4. The van der Waals surface area contributed by atoms with Gasteiger partial charge in [-0.3, -0.25) is 0 Å². The van der Waals surface area contributed by atoms with Crippen LogP contribution in [0.5, 0.6) is 0 Å². The number of hydrogen-bond donors (Lipinski definition) is 1. The maximum atomic E-state index is 5.87. The topological polar surface area (TPSA) is 58.3 Å². The van der Waals surface area contributed by atoms with Crippen LogP contribution in [0, 0.1) is 0 Å². The van der Waals surface area contributed by atoms with Gasteiger partial charge < -0.3 is 15.5 Å². The standard InChI is InChI=1S/C18H19N5/c19-18-17-7-6-16(12-14(17)13-20-21-18)23-10-8-22(9-11-23)15-4-2-1-3-5-15/h1-7,12-13H,8-11H2,(H2,19,21). The van der Waals surface area contributed by atoms with Crippen LogP contribution < -0.4 is 15.5 Å². The minimum absolute atomic E-state index is 0.489. The second kappa shape index (κ2) is 5.76. The van der Waals surface area contributed by atoms with Gasteiger partial charge in [0.05, 0.1) is 6.20 Å². The molecule has 2 N–H and O–H groups in total. The number of hydrogen-bond acceptors (Lipinski definition) is 5. The Bertz CT molecular complexity index is 810. The van der Waals surface area contributed by atoms with Gasteiger partial charge in [-0.25, -0.2) is 0 Å². The lowest BCUT2D eigenvalue weighted by Crippen LogP contribution is -2.46. The quantitative estimate of drug-likeness (QED) is 0.788. The van der Waals surface area contributed by atoms with Crippen molar-refractivity contribution < 1.29 is 0 Å². The fraction of sp³-hybridized carbons (Fsp3) is 0.222. The first-order chi connectivity index (χ1) is 11.3. The molecule has 5 heteroatoms. The Morgan fingerprint density at radius 3 is 2.26 bits per heavy atom. The molecule has 1 fully saturated rings. The summed E-state index contributed by atoms with van der Waals surface area (Å²) in [5.74, 6) is 0.489. The van der Waals surface area contributed by atoms with Crippen molar-refractivity contribution in [1.82, 2.24) is 10.2 Å².